The van der Waals surface area contributed by atoms with Crippen molar-refractivity contribution in [2.45, 2.75) is 13.0 Å². The number of hydrogen-bond acceptors (Lipinski definition) is 3. The molecule has 0 radical (unpaired) electrons. The summed E-state index contributed by atoms with van der Waals surface area (Å²) in [7, 11) is 3.52. The number of para-hydroxylation sites is 1. The minimum Gasteiger partial charge on any atom is -0.496 e. The number of nitrogens with one attached hydrogen (secondary N) is 1. The number of methoxy groups -OCH3 is 1. The molecule has 0 bridgehead atoms. The molecule has 0 aliphatic rings. The zero-order valence-electron chi connectivity index (χ0n) is 12.5. The maximum absolute atomic E-state index is 13.1. The maximum atomic E-state index is 13.1. The van der Waals surface area contributed by atoms with Crippen LogP contribution in [0.4, 0.5) is 4.39 Å². The monoisotopic (exact) mass is 289 g/mol. The van der Waals surface area contributed by atoms with E-state index in [-0.39, 0.29) is 11.9 Å². The average molecular weight is 289 g/mol. The van der Waals surface area contributed by atoms with E-state index in [1.807, 2.05) is 38.2 Å². The molecule has 0 spiro atoms. The van der Waals surface area contributed by atoms with Gasteiger partial charge in [0, 0.05) is 5.56 Å². The third kappa shape index (κ3) is 3.73. The highest BCUT2D eigenvalue weighted by molar-refractivity contribution is 5.37. The van der Waals surface area contributed by atoms with E-state index in [1.165, 1.54) is 12.1 Å². The van der Waals surface area contributed by atoms with Gasteiger partial charge < -0.3 is 14.8 Å². The van der Waals surface area contributed by atoms with Gasteiger partial charge in [-0.15, -0.1) is 0 Å². The largest absolute Gasteiger partial charge is 0.496 e. The maximum Gasteiger partial charge on any atom is 0.123 e. The Morgan fingerprint density at radius 3 is 2.57 bits per heavy atom. The average Bonchev–Trinajstić information content (AvgIpc) is 2.50. The molecule has 0 aliphatic carbocycles. The second kappa shape index (κ2) is 7.09. The van der Waals surface area contributed by atoms with Crippen molar-refractivity contribution in [3.8, 4) is 11.5 Å². The molecule has 2 rings (SSSR count). The molecule has 2 aromatic rings. The highest BCUT2D eigenvalue weighted by atomic mass is 19.1. The predicted molar refractivity (Wildman–Crippen MR) is 81.4 cm³/mol. The van der Waals surface area contributed by atoms with Gasteiger partial charge in [-0.2, -0.15) is 0 Å². The molecule has 3 nitrogen and oxygen atoms in total. The van der Waals surface area contributed by atoms with Gasteiger partial charge in [-0.05, 0) is 43.8 Å². The normalized spacial score (nSPS) is 12.0. The Bertz CT molecular complexity index is 601. The zero-order chi connectivity index (χ0) is 15.2. The summed E-state index contributed by atoms with van der Waals surface area (Å²) in [4.78, 5) is 0. The fourth-order valence-electron chi connectivity index (χ4n) is 2.23. The van der Waals surface area contributed by atoms with Crippen molar-refractivity contribution in [1.82, 2.24) is 5.32 Å². The number of hydrogen-bond donors (Lipinski definition) is 1. The van der Waals surface area contributed by atoms with E-state index < -0.39 is 0 Å². The molecule has 0 heterocycles. The fraction of sp³-hybridized carbons (Fsp3) is 0.294. The van der Waals surface area contributed by atoms with E-state index in [0.29, 0.717) is 12.4 Å². The molecule has 1 N–H and O–H groups in total. The molecule has 1 unspecified atom stereocenters. The van der Waals surface area contributed by atoms with E-state index in [1.54, 1.807) is 13.2 Å². The lowest BCUT2D eigenvalue weighted by Crippen LogP contribution is -2.24. The van der Waals surface area contributed by atoms with Crippen LogP contribution in [-0.4, -0.2) is 20.8 Å². The van der Waals surface area contributed by atoms with Crippen LogP contribution in [0.5, 0.6) is 11.5 Å². The van der Waals surface area contributed by atoms with E-state index in [2.05, 4.69) is 5.32 Å². The lowest BCUT2D eigenvalue weighted by atomic mass is 10.1. The topological polar surface area (TPSA) is 30.5 Å². The van der Waals surface area contributed by atoms with Crippen LogP contribution in [0.25, 0.3) is 0 Å². The second-order valence-corrected chi connectivity index (χ2v) is 4.80. The van der Waals surface area contributed by atoms with Gasteiger partial charge in [-0.25, -0.2) is 4.39 Å². The Morgan fingerprint density at radius 1 is 1.14 bits per heavy atom. The molecule has 0 aliphatic heterocycles. The van der Waals surface area contributed by atoms with Gasteiger partial charge in [0.1, 0.15) is 23.9 Å². The first-order valence-corrected chi connectivity index (χ1v) is 6.85. The number of aryl methyl sites for hydroxylation is 1. The summed E-state index contributed by atoms with van der Waals surface area (Å²) in [5.74, 6) is 1.25. The van der Waals surface area contributed by atoms with Crippen LogP contribution in [0.3, 0.4) is 0 Å². The van der Waals surface area contributed by atoms with Crippen molar-refractivity contribution in [2.75, 3.05) is 20.8 Å². The summed E-state index contributed by atoms with van der Waals surface area (Å²) < 4.78 is 24.3. The Kier molecular flexibility index (Phi) is 5.17. The highest BCUT2D eigenvalue weighted by Gasteiger charge is 2.15. The number of benzene rings is 2. The second-order valence-electron chi connectivity index (χ2n) is 4.80. The van der Waals surface area contributed by atoms with Crippen molar-refractivity contribution >= 4 is 0 Å². The van der Waals surface area contributed by atoms with E-state index >= 15 is 0 Å². The number of rotatable bonds is 6. The Labute approximate surface area is 124 Å². The van der Waals surface area contributed by atoms with Gasteiger partial charge in [-0.3, -0.25) is 0 Å². The van der Waals surface area contributed by atoms with Crippen molar-refractivity contribution in [3.63, 3.8) is 0 Å². The van der Waals surface area contributed by atoms with Crippen LogP contribution in [0, 0.1) is 12.7 Å². The molecule has 0 amide bonds. The molecule has 21 heavy (non-hydrogen) atoms. The van der Waals surface area contributed by atoms with Crippen molar-refractivity contribution in [2.24, 2.45) is 0 Å². The summed E-state index contributed by atoms with van der Waals surface area (Å²) in [6.07, 6.45) is 0. The minimum atomic E-state index is -0.255. The summed E-state index contributed by atoms with van der Waals surface area (Å²) in [6, 6.07) is 12.3. The van der Waals surface area contributed by atoms with Gasteiger partial charge in [0.2, 0.25) is 0 Å². The Hall–Kier alpha value is -2.07. The van der Waals surface area contributed by atoms with Crippen LogP contribution < -0.4 is 14.8 Å². The van der Waals surface area contributed by atoms with Gasteiger partial charge in [0.25, 0.3) is 0 Å². The van der Waals surface area contributed by atoms with Crippen molar-refractivity contribution in [3.05, 3.63) is 59.4 Å². The number of likely N-dealkylation sites (N-methyl/N-ethyl adjacent to an activating group) is 1. The van der Waals surface area contributed by atoms with Crippen molar-refractivity contribution in [1.29, 1.82) is 0 Å². The Morgan fingerprint density at radius 2 is 1.90 bits per heavy atom. The molecule has 1 atom stereocenters. The first kappa shape index (κ1) is 15.3. The fourth-order valence-corrected chi connectivity index (χ4v) is 2.23. The van der Waals surface area contributed by atoms with E-state index in [4.69, 9.17) is 9.47 Å². The number of halogens is 1. The van der Waals surface area contributed by atoms with Crippen LogP contribution in [0.15, 0.2) is 42.5 Å². The molecule has 0 fully saturated rings. The summed E-state index contributed by atoms with van der Waals surface area (Å²) in [5.41, 5.74) is 1.81. The highest BCUT2D eigenvalue weighted by Crippen LogP contribution is 2.26. The minimum absolute atomic E-state index is 0.00870. The lowest BCUT2D eigenvalue weighted by Gasteiger charge is -2.20. The summed E-state index contributed by atoms with van der Waals surface area (Å²) in [6.45, 7) is 2.26. The quantitative estimate of drug-likeness (QED) is 0.883. The molecule has 0 saturated heterocycles. The Balaban J connectivity index is 2.12. The molecule has 4 heteroatoms. The van der Waals surface area contributed by atoms with E-state index in [9.17, 15) is 4.39 Å². The third-order valence-electron chi connectivity index (χ3n) is 3.41. The predicted octanol–water partition coefficient (Wildman–Crippen LogP) is 3.48. The lowest BCUT2D eigenvalue weighted by molar-refractivity contribution is 0.267. The SMILES string of the molecule is CNC(COc1ccc(F)cc1C)c1ccccc1OC. The van der Waals surface area contributed by atoms with Crippen molar-refractivity contribution < 1.29 is 13.9 Å². The number of ether oxygens (including phenoxy) is 2. The van der Waals surface area contributed by atoms with Gasteiger partial charge >= 0.3 is 0 Å². The van der Waals surface area contributed by atoms with Gasteiger partial charge in [0.15, 0.2) is 0 Å². The van der Waals surface area contributed by atoms with Crippen LogP contribution in [0.1, 0.15) is 17.2 Å². The van der Waals surface area contributed by atoms with E-state index in [0.717, 1.165) is 16.9 Å². The van der Waals surface area contributed by atoms with Gasteiger partial charge in [0.05, 0.1) is 13.2 Å². The zero-order valence-corrected chi connectivity index (χ0v) is 12.5. The summed E-state index contributed by atoms with van der Waals surface area (Å²) in [5, 5.41) is 3.22. The third-order valence-corrected chi connectivity index (χ3v) is 3.41. The standard InChI is InChI=1S/C17H20FNO2/c1-12-10-13(18)8-9-16(12)21-11-15(19-2)14-6-4-5-7-17(14)20-3/h4-10,15,19H,11H2,1-3H3. The summed E-state index contributed by atoms with van der Waals surface area (Å²) >= 11 is 0. The first-order valence-electron chi connectivity index (χ1n) is 6.85. The molecule has 0 aromatic heterocycles. The smallest absolute Gasteiger partial charge is 0.123 e. The van der Waals surface area contributed by atoms with Crippen LogP contribution in [0.2, 0.25) is 0 Å². The molecule has 2 aromatic carbocycles. The molecular weight excluding hydrogens is 269 g/mol. The molecule has 0 saturated carbocycles. The first-order chi connectivity index (χ1) is 10.2. The molecule has 112 valence electrons. The van der Waals surface area contributed by atoms with Crippen LogP contribution >= 0.6 is 0 Å². The van der Waals surface area contributed by atoms with Crippen LogP contribution in [-0.2, 0) is 0 Å². The molecular formula is C17H20FNO2. The van der Waals surface area contributed by atoms with Gasteiger partial charge in [-0.1, -0.05) is 18.2 Å².